The van der Waals surface area contributed by atoms with Gasteiger partial charge in [0.15, 0.2) is 6.10 Å². The Morgan fingerprint density at radius 2 is 1.74 bits per heavy atom. The van der Waals surface area contributed by atoms with Crippen molar-refractivity contribution in [2.45, 2.75) is 53.7 Å². The predicted octanol–water partition coefficient (Wildman–Crippen LogP) is 2.71. The monoisotopic (exact) mass is 375 g/mol. The summed E-state index contributed by atoms with van der Waals surface area (Å²) in [7, 11) is 0. The summed E-state index contributed by atoms with van der Waals surface area (Å²) in [6.45, 7) is 10.3. The van der Waals surface area contributed by atoms with E-state index >= 15 is 0 Å². The first-order valence-electron chi connectivity index (χ1n) is 8.77. The Morgan fingerprint density at radius 1 is 1.11 bits per heavy atom. The predicted molar refractivity (Wildman–Crippen MR) is 101 cm³/mol. The molecule has 0 spiro atoms. The maximum atomic E-state index is 12.4. The van der Waals surface area contributed by atoms with Crippen molar-refractivity contribution in [3.05, 3.63) is 39.2 Å². The molecule has 146 valence electrons. The van der Waals surface area contributed by atoms with E-state index in [4.69, 9.17) is 9.15 Å². The fraction of sp³-hybridized carbons (Fsp3) is 0.450. The fourth-order valence-electron chi connectivity index (χ4n) is 2.81. The van der Waals surface area contributed by atoms with Crippen LogP contribution in [0.1, 0.15) is 37.5 Å². The van der Waals surface area contributed by atoms with E-state index in [0.717, 1.165) is 11.1 Å². The third-order valence-corrected chi connectivity index (χ3v) is 4.56. The van der Waals surface area contributed by atoms with Gasteiger partial charge in [0.05, 0.1) is 5.39 Å². The maximum Gasteiger partial charge on any atom is 0.339 e. The van der Waals surface area contributed by atoms with Gasteiger partial charge >= 0.3 is 11.6 Å². The Balaban J connectivity index is 2.37. The lowest BCUT2D eigenvalue weighted by Gasteiger charge is -2.22. The number of amides is 1. The SMILES string of the molecule is Cc1cc(OC(C)C(=O)NC(C(=O)O)C(C)C)c2c(C)c(C)c(=O)oc2c1. The molecule has 0 saturated carbocycles. The number of carboxylic acids is 1. The van der Waals surface area contributed by atoms with Crippen LogP contribution in [0.15, 0.2) is 21.3 Å². The number of aliphatic carboxylic acids is 1. The summed E-state index contributed by atoms with van der Waals surface area (Å²) in [5.74, 6) is -1.48. The average Bonchev–Trinajstić information content (AvgIpc) is 2.56. The fourth-order valence-corrected chi connectivity index (χ4v) is 2.81. The molecule has 0 aliphatic carbocycles. The molecule has 7 heteroatoms. The van der Waals surface area contributed by atoms with E-state index in [1.807, 2.05) is 6.92 Å². The van der Waals surface area contributed by atoms with Crippen molar-refractivity contribution in [1.82, 2.24) is 5.32 Å². The van der Waals surface area contributed by atoms with Crippen LogP contribution in [0.4, 0.5) is 0 Å². The molecule has 0 radical (unpaired) electrons. The Labute approximate surface area is 157 Å². The van der Waals surface area contributed by atoms with Crippen molar-refractivity contribution in [3.8, 4) is 5.75 Å². The van der Waals surface area contributed by atoms with Gasteiger partial charge in [-0.15, -0.1) is 0 Å². The maximum absolute atomic E-state index is 12.4. The van der Waals surface area contributed by atoms with Gasteiger partial charge in [-0.2, -0.15) is 0 Å². The van der Waals surface area contributed by atoms with Crippen LogP contribution in [0.2, 0.25) is 0 Å². The largest absolute Gasteiger partial charge is 0.480 e. The van der Waals surface area contributed by atoms with Gasteiger partial charge in [0, 0.05) is 5.56 Å². The zero-order valence-corrected chi connectivity index (χ0v) is 16.4. The molecule has 2 aromatic rings. The number of carbonyl (C=O) groups excluding carboxylic acids is 1. The molecule has 1 aromatic carbocycles. The Hall–Kier alpha value is -2.83. The third-order valence-electron chi connectivity index (χ3n) is 4.56. The highest BCUT2D eigenvalue weighted by Gasteiger charge is 2.27. The molecule has 1 heterocycles. The van der Waals surface area contributed by atoms with Crippen molar-refractivity contribution < 1.29 is 23.8 Å². The second-order valence-electron chi connectivity index (χ2n) is 7.10. The zero-order chi connectivity index (χ0) is 20.5. The summed E-state index contributed by atoms with van der Waals surface area (Å²) in [5, 5.41) is 12.4. The van der Waals surface area contributed by atoms with Gasteiger partial charge in [0.1, 0.15) is 17.4 Å². The second kappa shape index (κ2) is 7.82. The lowest BCUT2D eigenvalue weighted by Crippen LogP contribution is -2.48. The van der Waals surface area contributed by atoms with E-state index in [2.05, 4.69) is 5.32 Å². The van der Waals surface area contributed by atoms with Gasteiger partial charge in [0.25, 0.3) is 5.91 Å². The summed E-state index contributed by atoms with van der Waals surface area (Å²) in [6, 6.07) is 2.50. The Bertz CT molecular complexity index is 944. The van der Waals surface area contributed by atoms with Crippen molar-refractivity contribution in [2.24, 2.45) is 5.92 Å². The molecule has 2 N–H and O–H groups in total. The van der Waals surface area contributed by atoms with E-state index in [1.54, 1.807) is 46.8 Å². The molecule has 0 aliphatic rings. The highest BCUT2D eigenvalue weighted by atomic mass is 16.5. The minimum atomic E-state index is -1.10. The number of hydrogen-bond donors (Lipinski definition) is 2. The summed E-state index contributed by atoms with van der Waals surface area (Å²) >= 11 is 0. The summed E-state index contributed by atoms with van der Waals surface area (Å²) in [5.41, 5.74) is 1.97. The molecule has 27 heavy (non-hydrogen) atoms. The molecule has 1 amide bonds. The standard InChI is InChI=1S/C20H25NO6/c1-9(2)17(19(23)24)21-18(22)13(6)26-14-7-10(3)8-15-16(14)11(4)12(5)20(25)27-15/h7-9,13,17H,1-6H3,(H,21,22)(H,23,24). The molecular formula is C20H25NO6. The van der Waals surface area contributed by atoms with Crippen LogP contribution in [-0.2, 0) is 9.59 Å². The number of fused-ring (bicyclic) bond motifs is 1. The molecule has 0 fully saturated rings. The van der Waals surface area contributed by atoms with E-state index < -0.39 is 29.6 Å². The van der Waals surface area contributed by atoms with Crippen LogP contribution in [-0.4, -0.2) is 29.1 Å². The van der Waals surface area contributed by atoms with E-state index in [-0.39, 0.29) is 5.92 Å². The Morgan fingerprint density at radius 3 is 2.30 bits per heavy atom. The van der Waals surface area contributed by atoms with Crippen LogP contribution >= 0.6 is 0 Å². The normalized spacial score (nSPS) is 13.4. The van der Waals surface area contributed by atoms with Crippen LogP contribution in [0.25, 0.3) is 11.0 Å². The first-order chi connectivity index (χ1) is 12.5. The Kier molecular flexibility index (Phi) is 5.93. The summed E-state index contributed by atoms with van der Waals surface area (Å²) in [4.78, 5) is 35.6. The smallest absolute Gasteiger partial charge is 0.339 e. The van der Waals surface area contributed by atoms with E-state index in [1.165, 1.54) is 0 Å². The molecule has 1 aromatic heterocycles. The molecular weight excluding hydrogens is 350 g/mol. The minimum absolute atomic E-state index is 0.266. The third kappa shape index (κ3) is 4.30. The lowest BCUT2D eigenvalue weighted by molar-refractivity contribution is -0.144. The van der Waals surface area contributed by atoms with Gasteiger partial charge in [-0.1, -0.05) is 13.8 Å². The van der Waals surface area contributed by atoms with Gasteiger partial charge < -0.3 is 19.6 Å². The van der Waals surface area contributed by atoms with Crippen LogP contribution in [0.5, 0.6) is 5.75 Å². The van der Waals surface area contributed by atoms with Crippen LogP contribution in [0.3, 0.4) is 0 Å². The van der Waals surface area contributed by atoms with Crippen molar-refractivity contribution in [3.63, 3.8) is 0 Å². The van der Waals surface area contributed by atoms with Crippen molar-refractivity contribution in [1.29, 1.82) is 0 Å². The first-order valence-corrected chi connectivity index (χ1v) is 8.77. The van der Waals surface area contributed by atoms with Gasteiger partial charge in [-0.3, -0.25) is 4.79 Å². The summed E-state index contributed by atoms with van der Waals surface area (Å²) < 4.78 is 11.2. The van der Waals surface area contributed by atoms with Crippen LogP contribution < -0.4 is 15.7 Å². The minimum Gasteiger partial charge on any atom is -0.480 e. The lowest BCUT2D eigenvalue weighted by atomic mass is 10.0. The number of rotatable bonds is 6. The first kappa shape index (κ1) is 20.5. The number of nitrogens with one attached hydrogen (secondary N) is 1. The molecule has 2 atom stereocenters. The number of carbonyl (C=O) groups is 2. The van der Waals surface area contributed by atoms with Crippen molar-refractivity contribution >= 4 is 22.8 Å². The highest BCUT2D eigenvalue weighted by molar-refractivity contribution is 5.90. The zero-order valence-electron chi connectivity index (χ0n) is 16.4. The molecule has 2 rings (SSSR count). The van der Waals surface area contributed by atoms with Gasteiger partial charge in [-0.05, 0) is 56.9 Å². The highest BCUT2D eigenvalue weighted by Crippen LogP contribution is 2.31. The van der Waals surface area contributed by atoms with Gasteiger partial charge in [-0.25, -0.2) is 9.59 Å². The number of benzene rings is 1. The number of ether oxygens (including phenoxy) is 1. The molecule has 0 aliphatic heterocycles. The number of hydrogen-bond acceptors (Lipinski definition) is 5. The van der Waals surface area contributed by atoms with E-state index in [9.17, 15) is 19.5 Å². The quantitative estimate of drug-likeness (QED) is 0.752. The molecule has 0 bridgehead atoms. The second-order valence-corrected chi connectivity index (χ2v) is 7.10. The number of aryl methyl sites for hydroxylation is 2. The van der Waals surface area contributed by atoms with Crippen LogP contribution in [0, 0.1) is 26.7 Å². The van der Waals surface area contributed by atoms with Crippen molar-refractivity contribution in [2.75, 3.05) is 0 Å². The van der Waals surface area contributed by atoms with Gasteiger partial charge in [0.2, 0.25) is 0 Å². The van der Waals surface area contributed by atoms with E-state index in [0.29, 0.717) is 22.3 Å². The average molecular weight is 375 g/mol. The summed E-state index contributed by atoms with van der Waals surface area (Å²) in [6.07, 6.45) is -0.928. The number of carboxylic acid groups (broad SMARTS) is 1. The topological polar surface area (TPSA) is 106 Å². The molecule has 2 unspecified atom stereocenters. The molecule has 7 nitrogen and oxygen atoms in total. The molecule has 0 saturated heterocycles.